The Morgan fingerprint density at radius 3 is 2.65 bits per heavy atom. The van der Waals surface area contributed by atoms with E-state index in [1.165, 1.54) is 44.1 Å². The van der Waals surface area contributed by atoms with Crippen LogP contribution >= 0.6 is 0 Å². The third kappa shape index (κ3) is 9.17. The molecule has 108 valence electrons. The lowest BCUT2D eigenvalue weighted by Crippen LogP contribution is -1.83. The molecule has 0 aliphatic heterocycles. The van der Waals surface area contributed by atoms with Gasteiger partial charge in [-0.25, -0.2) is 0 Å². The molecule has 0 fully saturated rings. The van der Waals surface area contributed by atoms with E-state index in [0.717, 1.165) is 12.8 Å². The fourth-order valence-corrected chi connectivity index (χ4v) is 2.05. The van der Waals surface area contributed by atoms with Crippen molar-refractivity contribution >= 4 is 0 Å². The molecule has 0 saturated carbocycles. The predicted octanol–water partition coefficient (Wildman–Crippen LogP) is 5.22. The highest BCUT2D eigenvalue weighted by molar-refractivity contribution is 5.12. The summed E-state index contributed by atoms with van der Waals surface area (Å²) in [5.74, 6) is 0. The molecule has 1 aromatic rings. The van der Waals surface area contributed by atoms with Gasteiger partial charge in [0.15, 0.2) is 0 Å². The summed E-state index contributed by atoms with van der Waals surface area (Å²) >= 11 is 0. The zero-order valence-corrected chi connectivity index (χ0v) is 12.1. The maximum absolute atomic E-state index is 8.13. The Balaban J connectivity index is 1.88. The lowest BCUT2D eigenvalue weighted by Gasteiger charge is -1.99. The van der Waals surface area contributed by atoms with Crippen molar-refractivity contribution in [1.29, 1.82) is 0 Å². The van der Waals surface area contributed by atoms with Crippen molar-refractivity contribution in [3.63, 3.8) is 0 Å². The highest BCUT2D eigenvalue weighted by atomic mass is 15.1. The maximum atomic E-state index is 8.13. The first kappa shape index (κ1) is 16.3. The first-order chi connectivity index (χ1) is 9.93. The first-order valence-corrected chi connectivity index (χ1v) is 7.48. The molecule has 0 amide bonds. The summed E-state index contributed by atoms with van der Waals surface area (Å²) in [6, 6.07) is 4.08. The number of rotatable bonds is 11. The summed E-state index contributed by atoms with van der Waals surface area (Å²) in [4.78, 5) is 6.85. The fraction of sp³-hybridized carbons (Fsp3) is 0.562. The zero-order chi connectivity index (χ0) is 14.3. The van der Waals surface area contributed by atoms with Gasteiger partial charge in [0.05, 0.1) is 0 Å². The van der Waals surface area contributed by atoms with E-state index in [9.17, 15) is 0 Å². The van der Waals surface area contributed by atoms with Gasteiger partial charge in [-0.2, -0.15) is 0 Å². The molecule has 4 heteroatoms. The summed E-state index contributed by atoms with van der Waals surface area (Å²) in [6.45, 7) is 0.646. The lowest BCUT2D eigenvalue weighted by atomic mass is 10.1. The number of hydrogen-bond donors (Lipinski definition) is 0. The van der Waals surface area contributed by atoms with Gasteiger partial charge in [-0.3, -0.25) is 4.98 Å². The van der Waals surface area contributed by atoms with E-state index in [4.69, 9.17) is 5.53 Å². The highest BCUT2D eigenvalue weighted by Crippen LogP contribution is 2.08. The van der Waals surface area contributed by atoms with Crippen LogP contribution in [0, 0.1) is 0 Å². The standard InChI is InChI=1S/C16H24N4/c17-20-19-14-9-7-5-3-1-2-4-6-8-11-16-12-10-13-18-15-16/h6,8,10,12-13,15H,1-5,7,9,11,14H2/b8-6-. The molecule has 0 atom stereocenters. The van der Waals surface area contributed by atoms with Crippen LogP contribution in [0.15, 0.2) is 41.8 Å². The smallest absolute Gasteiger partial charge is 0.0303 e. The van der Waals surface area contributed by atoms with E-state index in [0.29, 0.717) is 6.54 Å². The number of aromatic nitrogens is 1. The molecular weight excluding hydrogens is 248 g/mol. The van der Waals surface area contributed by atoms with Gasteiger partial charge in [-0.15, -0.1) is 0 Å². The quantitative estimate of drug-likeness (QED) is 0.179. The SMILES string of the molecule is [N-]=[N+]=NCCCCCCCC/C=C\Cc1cccnc1. The Morgan fingerprint density at radius 2 is 1.90 bits per heavy atom. The van der Waals surface area contributed by atoms with Crippen molar-refractivity contribution < 1.29 is 0 Å². The normalized spacial score (nSPS) is 10.6. The molecule has 0 spiro atoms. The average Bonchev–Trinajstić information content (AvgIpc) is 2.49. The van der Waals surface area contributed by atoms with Crippen molar-refractivity contribution in [3.8, 4) is 0 Å². The van der Waals surface area contributed by atoms with Crippen LogP contribution in [0.5, 0.6) is 0 Å². The Labute approximate surface area is 121 Å². The van der Waals surface area contributed by atoms with Crippen molar-refractivity contribution in [2.45, 2.75) is 51.4 Å². The van der Waals surface area contributed by atoms with Gasteiger partial charge < -0.3 is 0 Å². The molecule has 1 heterocycles. The summed E-state index contributed by atoms with van der Waals surface area (Å²) in [7, 11) is 0. The number of hydrogen-bond acceptors (Lipinski definition) is 2. The number of nitrogens with zero attached hydrogens (tertiary/aromatic N) is 4. The summed E-state index contributed by atoms with van der Waals surface area (Å²) in [5, 5.41) is 3.53. The van der Waals surface area contributed by atoms with Crippen LogP contribution in [0.1, 0.15) is 50.5 Å². The van der Waals surface area contributed by atoms with E-state index in [1.807, 2.05) is 12.3 Å². The van der Waals surface area contributed by atoms with Crippen LogP contribution in [0.25, 0.3) is 10.4 Å². The second kappa shape index (κ2) is 12.2. The molecule has 0 aliphatic carbocycles. The monoisotopic (exact) mass is 272 g/mol. The Hall–Kier alpha value is -1.80. The maximum Gasteiger partial charge on any atom is 0.0303 e. The van der Waals surface area contributed by atoms with Crippen molar-refractivity contribution in [2.24, 2.45) is 5.11 Å². The Morgan fingerprint density at radius 1 is 1.10 bits per heavy atom. The first-order valence-electron chi connectivity index (χ1n) is 7.48. The van der Waals surface area contributed by atoms with E-state index >= 15 is 0 Å². The van der Waals surface area contributed by atoms with Crippen LogP contribution in [0.4, 0.5) is 0 Å². The molecule has 0 aromatic carbocycles. The fourth-order valence-electron chi connectivity index (χ4n) is 2.05. The Bertz CT molecular complexity index is 408. The van der Waals surface area contributed by atoms with Gasteiger partial charge in [-0.1, -0.05) is 49.0 Å². The molecule has 0 saturated heterocycles. The minimum atomic E-state index is 0.646. The van der Waals surface area contributed by atoms with Crippen LogP contribution in [0.3, 0.4) is 0 Å². The van der Waals surface area contributed by atoms with Gasteiger partial charge in [0.25, 0.3) is 0 Å². The number of allylic oxidation sites excluding steroid dienone is 2. The Kier molecular flexibility index (Phi) is 9.95. The molecule has 0 bridgehead atoms. The molecule has 1 aromatic heterocycles. The predicted molar refractivity (Wildman–Crippen MR) is 83.4 cm³/mol. The molecule has 4 nitrogen and oxygen atoms in total. The molecule has 1 rings (SSSR count). The second-order valence-electron chi connectivity index (χ2n) is 4.90. The summed E-state index contributed by atoms with van der Waals surface area (Å²) in [6.07, 6.45) is 17.7. The molecule has 20 heavy (non-hydrogen) atoms. The van der Waals surface area contributed by atoms with Gasteiger partial charge >= 0.3 is 0 Å². The van der Waals surface area contributed by atoms with E-state index in [1.54, 1.807) is 6.20 Å². The van der Waals surface area contributed by atoms with E-state index in [2.05, 4.69) is 33.2 Å². The van der Waals surface area contributed by atoms with Crippen molar-refractivity contribution in [2.75, 3.05) is 6.54 Å². The van der Waals surface area contributed by atoms with Gasteiger partial charge in [0.1, 0.15) is 0 Å². The van der Waals surface area contributed by atoms with Crippen molar-refractivity contribution in [1.82, 2.24) is 4.98 Å². The zero-order valence-electron chi connectivity index (χ0n) is 12.1. The highest BCUT2D eigenvalue weighted by Gasteiger charge is 1.90. The number of pyridine rings is 1. The molecule has 0 aliphatic rings. The average molecular weight is 272 g/mol. The summed E-state index contributed by atoms with van der Waals surface area (Å²) < 4.78 is 0. The number of azide groups is 1. The van der Waals surface area contributed by atoms with Gasteiger partial charge in [0.2, 0.25) is 0 Å². The molecule has 0 unspecified atom stereocenters. The lowest BCUT2D eigenvalue weighted by molar-refractivity contribution is 0.600. The van der Waals surface area contributed by atoms with Crippen LogP contribution in [-0.2, 0) is 6.42 Å². The minimum Gasteiger partial charge on any atom is -0.264 e. The van der Waals surface area contributed by atoms with E-state index < -0.39 is 0 Å². The van der Waals surface area contributed by atoms with Crippen LogP contribution < -0.4 is 0 Å². The molecule has 0 radical (unpaired) electrons. The van der Waals surface area contributed by atoms with Gasteiger partial charge in [0, 0.05) is 23.9 Å². The van der Waals surface area contributed by atoms with Gasteiger partial charge in [-0.05, 0) is 42.8 Å². The molecular formula is C16H24N4. The van der Waals surface area contributed by atoms with Crippen LogP contribution in [0.2, 0.25) is 0 Å². The van der Waals surface area contributed by atoms with Crippen LogP contribution in [-0.4, -0.2) is 11.5 Å². The third-order valence-corrected chi connectivity index (χ3v) is 3.19. The largest absolute Gasteiger partial charge is 0.264 e. The summed E-state index contributed by atoms with van der Waals surface area (Å²) in [5.41, 5.74) is 9.40. The van der Waals surface area contributed by atoms with Crippen molar-refractivity contribution in [3.05, 3.63) is 52.7 Å². The third-order valence-electron chi connectivity index (χ3n) is 3.19. The van der Waals surface area contributed by atoms with E-state index in [-0.39, 0.29) is 0 Å². The topological polar surface area (TPSA) is 61.7 Å². The number of unbranched alkanes of at least 4 members (excludes halogenated alkanes) is 6. The second-order valence-corrected chi connectivity index (χ2v) is 4.90. The molecule has 0 N–H and O–H groups in total. The minimum absolute atomic E-state index is 0.646.